The predicted octanol–water partition coefficient (Wildman–Crippen LogP) is 2.56. The lowest BCUT2D eigenvalue weighted by molar-refractivity contribution is -0.119. The number of fused-ring (bicyclic) bond motifs is 1. The van der Waals surface area contributed by atoms with Crippen molar-refractivity contribution in [2.24, 2.45) is 0 Å². The molecule has 2 amide bonds. The minimum Gasteiger partial charge on any atom is -0.325 e. The molecule has 0 aromatic heterocycles. The Labute approximate surface area is 114 Å². The lowest BCUT2D eigenvalue weighted by Crippen LogP contribution is -2.26. The Morgan fingerprint density at radius 1 is 1.44 bits per heavy atom. The monoisotopic (exact) mass is 310 g/mol. The summed E-state index contributed by atoms with van der Waals surface area (Å²) in [4.78, 5) is 23.3. The molecule has 0 fully saturated rings. The molecule has 18 heavy (non-hydrogen) atoms. The van der Waals surface area contributed by atoms with E-state index in [2.05, 4.69) is 26.6 Å². The number of halogens is 1. The molecule has 0 bridgehead atoms. The van der Waals surface area contributed by atoms with Gasteiger partial charge in [-0.1, -0.05) is 15.9 Å². The third-order valence-corrected chi connectivity index (χ3v) is 3.73. The first-order chi connectivity index (χ1) is 8.36. The van der Waals surface area contributed by atoms with Crippen molar-refractivity contribution in [1.82, 2.24) is 0 Å². The van der Waals surface area contributed by atoms with Gasteiger partial charge in [0.2, 0.25) is 11.8 Å². The quantitative estimate of drug-likeness (QED) is 0.825. The van der Waals surface area contributed by atoms with Crippen molar-refractivity contribution in [2.75, 3.05) is 16.0 Å². The Bertz CT molecular complexity index is 538. The lowest BCUT2D eigenvalue weighted by atomic mass is 9.85. The van der Waals surface area contributed by atoms with Gasteiger partial charge < -0.3 is 10.6 Å². The van der Waals surface area contributed by atoms with Crippen LogP contribution in [0.15, 0.2) is 12.1 Å². The van der Waals surface area contributed by atoms with Gasteiger partial charge in [-0.2, -0.15) is 0 Å². The summed E-state index contributed by atoms with van der Waals surface area (Å²) in [6.45, 7) is 5.68. The Kier molecular flexibility index (Phi) is 3.19. The van der Waals surface area contributed by atoms with Gasteiger partial charge in [0.25, 0.3) is 0 Å². The molecule has 1 aliphatic rings. The fraction of sp³-hybridized carbons (Fsp3) is 0.385. The largest absolute Gasteiger partial charge is 0.325 e. The zero-order valence-corrected chi connectivity index (χ0v) is 12.1. The lowest BCUT2D eigenvalue weighted by Gasteiger charge is -2.16. The van der Waals surface area contributed by atoms with Crippen LogP contribution in [0.2, 0.25) is 0 Å². The van der Waals surface area contributed by atoms with Gasteiger partial charge in [-0.25, -0.2) is 0 Å². The van der Waals surface area contributed by atoms with E-state index in [9.17, 15) is 9.59 Å². The smallest absolute Gasteiger partial charge is 0.235 e. The zero-order valence-electron chi connectivity index (χ0n) is 10.6. The number of hydrogen-bond acceptors (Lipinski definition) is 2. The average molecular weight is 311 g/mol. The summed E-state index contributed by atoms with van der Waals surface area (Å²) in [5.74, 6) is -0.117. The molecule has 0 radical (unpaired) electrons. The van der Waals surface area contributed by atoms with Crippen molar-refractivity contribution in [2.45, 2.75) is 26.2 Å². The van der Waals surface area contributed by atoms with Crippen molar-refractivity contribution in [3.05, 3.63) is 23.3 Å². The van der Waals surface area contributed by atoms with E-state index in [0.717, 1.165) is 22.5 Å². The molecular weight excluding hydrogens is 296 g/mol. The van der Waals surface area contributed by atoms with Crippen molar-refractivity contribution >= 4 is 39.1 Å². The van der Waals surface area contributed by atoms with Crippen molar-refractivity contribution in [3.63, 3.8) is 0 Å². The Hall–Kier alpha value is -1.36. The first kappa shape index (κ1) is 13.1. The molecule has 1 aromatic rings. The number of aryl methyl sites for hydroxylation is 1. The molecule has 5 heteroatoms. The van der Waals surface area contributed by atoms with E-state index in [1.165, 1.54) is 0 Å². The van der Waals surface area contributed by atoms with Gasteiger partial charge in [-0.05, 0) is 44.0 Å². The van der Waals surface area contributed by atoms with Gasteiger partial charge in [0.1, 0.15) is 0 Å². The molecule has 2 N–H and O–H groups in total. The average Bonchev–Trinajstić information content (AvgIpc) is 2.52. The molecule has 0 saturated heterocycles. The van der Waals surface area contributed by atoms with Crippen LogP contribution in [-0.4, -0.2) is 17.1 Å². The van der Waals surface area contributed by atoms with Crippen molar-refractivity contribution in [3.8, 4) is 0 Å². The number of benzene rings is 1. The van der Waals surface area contributed by atoms with E-state index in [1.807, 2.05) is 32.9 Å². The number of alkyl halides is 1. The van der Waals surface area contributed by atoms with Crippen LogP contribution in [0.25, 0.3) is 0 Å². The molecule has 4 nitrogen and oxygen atoms in total. The van der Waals surface area contributed by atoms with Crippen LogP contribution in [0.1, 0.15) is 25.0 Å². The first-order valence-corrected chi connectivity index (χ1v) is 6.81. The third-order valence-electron chi connectivity index (χ3n) is 3.22. The topological polar surface area (TPSA) is 58.2 Å². The maximum absolute atomic E-state index is 11.9. The Morgan fingerprint density at radius 2 is 2.11 bits per heavy atom. The Balaban J connectivity index is 2.46. The summed E-state index contributed by atoms with van der Waals surface area (Å²) >= 11 is 3.11. The summed E-state index contributed by atoms with van der Waals surface area (Å²) in [5.41, 5.74) is 2.91. The second kappa shape index (κ2) is 4.39. The summed E-state index contributed by atoms with van der Waals surface area (Å²) in [7, 11) is 0. The molecule has 0 spiro atoms. The maximum atomic E-state index is 11.9. The van der Waals surface area contributed by atoms with Crippen LogP contribution in [0.5, 0.6) is 0 Å². The van der Waals surface area contributed by atoms with Crippen LogP contribution in [0.3, 0.4) is 0 Å². The predicted molar refractivity (Wildman–Crippen MR) is 75.3 cm³/mol. The molecule has 1 aliphatic heterocycles. The zero-order chi connectivity index (χ0) is 13.5. The minimum absolute atomic E-state index is 0.00966. The molecule has 0 saturated carbocycles. The molecule has 1 aromatic carbocycles. The molecular formula is C13H15BrN2O2. The molecule has 0 unspecified atom stereocenters. The van der Waals surface area contributed by atoms with Crippen LogP contribution in [-0.2, 0) is 15.0 Å². The van der Waals surface area contributed by atoms with Crippen molar-refractivity contribution in [1.29, 1.82) is 0 Å². The van der Waals surface area contributed by atoms with Crippen LogP contribution < -0.4 is 10.6 Å². The number of carbonyl (C=O) groups excluding carboxylic acids is 2. The van der Waals surface area contributed by atoms with Gasteiger partial charge >= 0.3 is 0 Å². The van der Waals surface area contributed by atoms with E-state index >= 15 is 0 Å². The highest BCUT2D eigenvalue weighted by atomic mass is 79.9. The van der Waals surface area contributed by atoms with Gasteiger partial charge in [0.15, 0.2) is 0 Å². The summed E-state index contributed by atoms with van der Waals surface area (Å²) in [6, 6.07) is 3.72. The van der Waals surface area contributed by atoms with Gasteiger partial charge in [0.05, 0.1) is 10.7 Å². The minimum atomic E-state index is -0.560. The molecule has 1 heterocycles. The molecule has 2 rings (SSSR count). The van der Waals surface area contributed by atoms with E-state index in [-0.39, 0.29) is 17.1 Å². The number of amides is 2. The number of nitrogens with one attached hydrogen (secondary N) is 2. The Morgan fingerprint density at radius 3 is 2.72 bits per heavy atom. The molecule has 96 valence electrons. The second-order valence-corrected chi connectivity index (χ2v) is 5.54. The highest BCUT2D eigenvalue weighted by Gasteiger charge is 2.39. The standard InChI is InChI=1S/C13H15BrN2O2/c1-7-4-8(15-10(17)6-14)5-9-11(7)16-12(18)13(9,2)3/h4-5H,6H2,1-3H3,(H,15,17)(H,16,18). The van der Waals surface area contributed by atoms with Gasteiger partial charge in [-0.15, -0.1) is 0 Å². The van der Waals surface area contributed by atoms with E-state index < -0.39 is 5.41 Å². The number of carbonyl (C=O) groups is 2. The van der Waals surface area contributed by atoms with E-state index in [1.54, 1.807) is 0 Å². The highest BCUT2D eigenvalue weighted by Crippen LogP contribution is 2.40. The van der Waals surface area contributed by atoms with Crippen LogP contribution >= 0.6 is 15.9 Å². The van der Waals surface area contributed by atoms with Crippen LogP contribution in [0, 0.1) is 6.92 Å². The second-order valence-electron chi connectivity index (χ2n) is 4.98. The first-order valence-electron chi connectivity index (χ1n) is 5.68. The van der Waals surface area contributed by atoms with Gasteiger partial charge in [-0.3, -0.25) is 9.59 Å². The number of rotatable bonds is 2. The fourth-order valence-electron chi connectivity index (χ4n) is 2.10. The molecule has 0 aliphatic carbocycles. The number of hydrogen-bond donors (Lipinski definition) is 2. The number of anilines is 2. The highest BCUT2D eigenvalue weighted by molar-refractivity contribution is 9.09. The normalized spacial score (nSPS) is 16.1. The van der Waals surface area contributed by atoms with Crippen LogP contribution in [0.4, 0.5) is 11.4 Å². The van der Waals surface area contributed by atoms with E-state index in [0.29, 0.717) is 0 Å². The molecule has 0 atom stereocenters. The summed E-state index contributed by atoms with van der Waals surface area (Å²) in [6.07, 6.45) is 0. The SMILES string of the molecule is Cc1cc(NC(=O)CBr)cc2c1NC(=O)C2(C)C. The summed E-state index contributed by atoms with van der Waals surface area (Å²) in [5, 5.41) is 5.93. The summed E-state index contributed by atoms with van der Waals surface area (Å²) < 4.78 is 0. The van der Waals surface area contributed by atoms with Gasteiger partial charge in [0, 0.05) is 11.4 Å². The maximum Gasteiger partial charge on any atom is 0.235 e. The third kappa shape index (κ3) is 2.03. The van der Waals surface area contributed by atoms with E-state index in [4.69, 9.17) is 0 Å². The van der Waals surface area contributed by atoms with Crippen molar-refractivity contribution < 1.29 is 9.59 Å². The fourth-order valence-corrected chi connectivity index (χ4v) is 2.24.